The molecule has 0 aromatic heterocycles. The Morgan fingerprint density at radius 2 is 2.00 bits per heavy atom. The standard InChI is InChI=1S/C17H26FN3O2/c1-4-5-6-7-12(2)20-17(23)11-19-16-10-14(21-13(3)22)8-9-15(16)18/h8-10,12,19H,4-7,11H2,1-3H3,(H,20,23)(H,21,22). The van der Waals surface area contributed by atoms with Crippen molar-refractivity contribution in [3.8, 4) is 0 Å². The molecule has 3 N–H and O–H groups in total. The van der Waals surface area contributed by atoms with Crippen molar-refractivity contribution >= 4 is 23.2 Å². The van der Waals surface area contributed by atoms with Crippen molar-refractivity contribution in [1.82, 2.24) is 5.32 Å². The molecule has 0 spiro atoms. The zero-order chi connectivity index (χ0) is 17.2. The average molecular weight is 323 g/mol. The van der Waals surface area contributed by atoms with E-state index in [1.54, 1.807) is 0 Å². The Kier molecular flexibility index (Phi) is 8.08. The van der Waals surface area contributed by atoms with Gasteiger partial charge in [0.15, 0.2) is 0 Å². The van der Waals surface area contributed by atoms with Crippen molar-refractivity contribution in [2.75, 3.05) is 17.2 Å². The molecule has 0 aliphatic heterocycles. The van der Waals surface area contributed by atoms with Gasteiger partial charge < -0.3 is 16.0 Å². The number of nitrogens with one attached hydrogen (secondary N) is 3. The molecule has 1 aromatic rings. The van der Waals surface area contributed by atoms with Gasteiger partial charge in [0.1, 0.15) is 5.82 Å². The number of carbonyl (C=O) groups excluding carboxylic acids is 2. The van der Waals surface area contributed by atoms with Crippen LogP contribution >= 0.6 is 0 Å². The Morgan fingerprint density at radius 3 is 2.65 bits per heavy atom. The molecule has 0 fully saturated rings. The van der Waals surface area contributed by atoms with Gasteiger partial charge >= 0.3 is 0 Å². The van der Waals surface area contributed by atoms with Gasteiger partial charge in [-0.05, 0) is 31.5 Å². The van der Waals surface area contributed by atoms with Crippen molar-refractivity contribution in [3.63, 3.8) is 0 Å². The quantitative estimate of drug-likeness (QED) is 0.611. The van der Waals surface area contributed by atoms with Crippen molar-refractivity contribution in [2.24, 2.45) is 0 Å². The first-order valence-corrected chi connectivity index (χ1v) is 8.02. The average Bonchev–Trinajstić information content (AvgIpc) is 2.47. The fraction of sp³-hybridized carbons (Fsp3) is 0.529. The summed E-state index contributed by atoms with van der Waals surface area (Å²) in [5, 5.41) is 8.22. The van der Waals surface area contributed by atoms with Gasteiger partial charge in [-0.2, -0.15) is 0 Å². The number of hydrogen-bond acceptors (Lipinski definition) is 3. The van der Waals surface area contributed by atoms with Crippen LogP contribution in [0.4, 0.5) is 15.8 Å². The summed E-state index contributed by atoms with van der Waals surface area (Å²) in [7, 11) is 0. The SMILES string of the molecule is CCCCCC(C)NC(=O)CNc1cc(NC(C)=O)ccc1F. The number of carbonyl (C=O) groups is 2. The van der Waals surface area contributed by atoms with Gasteiger partial charge in [0.25, 0.3) is 0 Å². The van der Waals surface area contributed by atoms with Crippen molar-refractivity contribution in [3.05, 3.63) is 24.0 Å². The van der Waals surface area contributed by atoms with E-state index in [4.69, 9.17) is 0 Å². The zero-order valence-corrected chi connectivity index (χ0v) is 14.0. The predicted octanol–water partition coefficient (Wildman–Crippen LogP) is 3.28. The minimum atomic E-state index is -0.470. The molecule has 0 saturated heterocycles. The normalized spacial score (nSPS) is 11.7. The third kappa shape index (κ3) is 7.63. The van der Waals surface area contributed by atoms with E-state index >= 15 is 0 Å². The maximum Gasteiger partial charge on any atom is 0.239 e. The lowest BCUT2D eigenvalue weighted by Gasteiger charge is -2.15. The van der Waals surface area contributed by atoms with Crippen LogP contribution in [0.15, 0.2) is 18.2 Å². The Morgan fingerprint density at radius 1 is 1.26 bits per heavy atom. The summed E-state index contributed by atoms with van der Waals surface area (Å²) in [5.41, 5.74) is 0.666. The third-order valence-corrected chi connectivity index (χ3v) is 3.37. The van der Waals surface area contributed by atoms with Gasteiger partial charge in [-0.15, -0.1) is 0 Å². The largest absolute Gasteiger partial charge is 0.374 e. The lowest BCUT2D eigenvalue weighted by atomic mass is 10.1. The number of anilines is 2. The highest BCUT2D eigenvalue weighted by molar-refractivity contribution is 5.89. The summed E-state index contributed by atoms with van der Waals surface area (Å²) < 4.78 is 13.7. The molecular formula is C17H26FN3O2. The van der Waals surface area contributed by atoms with Gasteiger partial charge in [0.2, 0.25) is 11.8 Å². The van der Waals surface area contributed by atoms with Gasteiger partial charge in [-0.3, -0.25) is 9.59 Å². The lowest BCUT2D eigenvalue weighted by Crippen LogP contribution is -2.36. The van der Waals surface area contributed by atoms with Crippen LogP contribution in [0.1, 0.15) is 46.5 Å². The summed E-state index contributed by atoms with van der Waals surface area (Å²) in [5.74, 6) is -0.887. The fourth-order valence-electron chi connectivity index (χ4n) is 2.22. The molecule has 0 radical (unpaired) electrons. The third-order valence-electron chi connectivity index (χ3n) is 3.37. The van der Waals surface area contributed by atoms with Crippen LogP contribution in [0.5, 0.6) is 0 Å². The van der Waals surface area contributed by atoms with E-state index in [1.165, 1.54) is 25.1 Å². The van der Waals surface area contributed by atoms with Crippen molar-refractivity contribution in [1.29, 1.82) is 0 Å². The van der Waals surface area contributed by atoms with E-state index in [1.807, 2.05) is 6.92 Å². The second kappa shape index (κ2) is 9.82. The molecule has 1 unspecified atom stereocenters. The Bertz CT molecular complexity index is 535. The Balaban J connectivity index is 2.47. The molecule has 23 heavy (non-hydrogen) atoms. The maximum absolute atomic E-state index is 13.7. The monoisotopic (exact) mass is 323 g/mol. The highest BCUT2D eigenvalue weighted by atomic mass is 19.1. The highest BCUT2D eigenvalue weighted by Crippen LogP contribution is 2.19. The number of amides is 2. The lowest BCUT2D eigenvalue weighted by molar-refractivity contribution is -0.120. The number of benzene rings is 1. The number of unbranched alkanes of at least 4 members (excludes halogenated alkanes) is 2. The zero-order valence-electron chi connectivity index (χ0n) is 14.0. The second-order valence-electron chi connectivity index (χ2n) is 5.69. The molecule has 6 heteroatoms. The first kappa shape index (κ1) is 18.9. The van der Waals surface area contributed by atoms with E-state index in [-0.39, 0.29) is 30.1 Å². The topological polar surface area (TPSA) is 70.2 Å². The number of halogens is 1. The molecule has 0 aliphatic carbocycles. The second-order valence-corrected chi connectivity index (χ2v) is 5.69. The van der Waals surface area contributed by atoms with E-state index in [0.717, 1.165) is 25.7 Å². The predicted molar refractivity (Wildman–Crippen MR) is 90.9 cm³/mol. The summed E-state index contributed by atoms with van der Waals surface area (Å²) in [6.07, 6.45) is 4.32. The molecule has 5 nitrogen and oxygen atoms in total. The molecule has 0 saturated carbocycles. The van der Waals surface area contributed by atoms with Crippen LogP contribution in [0.25, 0.3) is 0 Å². The van der Waals surface area contributed by atoms with Crippen LogP contribution in [-0.4, -0.2) is 24.4 Å². The molecule has 1 atom stereocenters. The minimum absolute atomic E-state index is 0.0153. The maximum atomic E-state index is 13.7. The van der Waals surface area contributed by atoms with E-state index < -0.39 is 5.82 Å². The first-order valence-electron chi connectivity index (χ1n) is 8.02. The highest BCUT2D eigenvalue weighted by Gasteiger charge is 2.09. The Labute approximate surface area is 137 Å². The summed E-state index contributed by atoms with van der Waals surface area (Å²) in [6, 6.07) is 4.29. The van der Waals surface area contributed by atoms with Gasteiger partial charge in [0, 0.05) is 18.7 Å². The molecule has 2 amide bonds. The first-order chi connectivity index (χ1) is 10.9. The Hall–Kier alpha value is -2.11. The number of rotatable bonds is 9. The van der Waals surface area contributed by atoms with Crippen molar-refractivity contribution < 1.29 is 14.0 Å². The molecule has 1 aromatic carbocycles. The van der Waals surface area contributed by atoms with E-state index in [9.17, 15) is 14.0 Å². The van der Waals surface area contributed by atoms with Crippen molar-refractivity contribution in [2.45, 2.75) is 52.5 Å². The molecule has 128 valence electrons. The van der Waals surface area contributed by atoms with Crippen LogP contribution in [0.2, 0.25) is 0 Å². The van der Waals surface area contributed by atoms with Gasteiger partial charge in [-0.1, -0.05) is 26.2 Å². The molecule has 0 aliphatic rings. The number of hydrogen-bond donors (Lipinski definition) is 3. The summed E-state index contributed by atoms with van der Waals surface area (Å²) >= 11 is 0. The van der Waals surface area contributed by atoms with Crippen LogP contribution < -0.4 is 16.0 Å². The molecular weight excluding hydrogens is 297 g/mol. The van der Waals surface area contributed by atoms with Crippen LogP contribution in [0, 0.1) is 5.82 Å². The fourth-order valence-corrected chi connectivity index (χ4v) is 2.22. The summed E-state index contributed by atoms with van der Waals surface area (Å²) in [4.78, 5) is 22.9. The minimum Gasteiger partial charge on any atom is -0.374 e. The van der Waals surface area contributed by atoms with Gasteiger partial charge in [-0.25, -0.2) is 4.39 Å². The smallest absolute Gasteiger partial charge is 0.239 e. The van der Waals surface area contributed by atoms with E-state index in [2.05, 4.69) is 22.9 Å². The molecule has 0 bridgehead atoms. The van der Waals surface area contributed by atoms with E-state index in [0.29, 0.717) is 5.69 Å². The summed E-state index contributed by atoms with van der Waals surface area (Å²) in [6.45, 7) is 5.46. The van der Waals surface area contributed by atoms with Gasteiger partial charge in [0.05, 0.1) is 12.2 Å². The molecule has 0 heterocycles. The van der Waals surface area contributed by atoms with Crippen LogP contribution in [-0.2, 0) is 9.59 Å². The molecule has 1 rings (SSSR count). The van der Waals surface area contributed by atoms with Crippen LogP contribution in [0.3, 0.4) is 0 Å².